The fraction of sp³-hybridized carbons (Fsp3) is 0.0500. The molecule has 0 spiro atoms. The third kappa shape index (κ3) is 3.56. The van der Waals surface area contributed by atoms with Crippen molar-refractivity contribution < 1.29 is 4.79 Å². The lowest BCUT2D eigenvalue weighted by molar-refractivity contribution is 0.0955. The maximum atomic E-state index is 12.7. The van der Waals surface area contributed by atoms with Crippen molar-refractivity contribution in [3.63, 3.8) is 0 Å². The number of aromatic nitrogens is 5. The number of carbonyl (C=O) groups excluding carboxylic acids is 1. The van der Waals surface area contributed by atoms with Gasteiger partial charge in [0.1, 0.15) is 6.33 Å². The number of benzene rings is 2. The molecule has 2 heterocycles. The first-order valence-corrected chi connectivity index (χ1v) is 8.63. The normalized spacial score (nSPS) is 11.4. The monoisotopic (exact) mass is 371 g/mol. The highest BCUT2D eigenvalue weighted by Crippen LogP contribution is 2.15. The molecule has 0 bridgehead atoms. The van der Waals surface area contributed by atoms with Gasteiger partial charge >= 0.3 is 0 Å². The first-order chi connectivity index (χ1) is 13.7. The van der Waals surface area contributed by atoms with E-state index in [9.17, 15) is 4.79 Å². The molecule has 4 aromatic rings. The van der Waals surface area contributed by atoms with E-state index in [2.05, 4.69) is 26.1 Å². The Morgan fingerprint density at radius 1 is 1.04 bits per heavy atom. The van der Waals surface area contributed by atoms with Crippen LogP contribution in [0.5, 0.6) is 0 Å². The number of nitrogens with one attached hydrogen (secondary N) is 1. The van der Waals surface area contributed by atoms with E-state index < -0.39 is 0 Å². The van der Waals surface area contributed by atoms with Gasteiger partial charge in [0, 0.05) is 12.4 Å². The summed E-state index contributed by atoms with van der Waals surface area (Å²) in [6.45, 7) is 1.83. The Morgan fingerprint density at radius 3 is 2.64 bits per heavy atom. The van der Waals surface area contributed by atoms with E-state index in [1.165, 1.54) is 6.33 Å². The highest BCUT2D eigenvalue weighted by atomic mass is 16.2. The smallest absolute Gasteiger partial charge is 0.273 e. The number of para-hydroxylation sites is 1. The van der Waals surface area contributed by atoms with Crippen molar-refractivity contribution in [2.75, 3.05) is 0 Å². The second-order valence-electron chi connectivity index (χ2n) is 6.05. The third-order valence-corrected chi connectivity index (χ3v) is 4.23. The highest BCUT2D eigenvalue weighted by Gasteiger charge is 2.11. The summed E-state index contributed by atoms with van der Waals surface area (Å²) in [7, 11) is 0. The molecule has 0 fully saturated rings. The van der Waals surface area contributed by atoms with Gasteiger partial charge in [-0.1, -0.05) is 24.3 Å². The van der Waals surface area contributed by atoms with E-state index in [0.717, 1.165) is 16.9 Å². The van der Waals surface area contributed by atoms with Gasteiger partial charge in [0.2, 0.25) is 0 Å². The number of hydrogen-bond acceptors (Lipinski definition) is 5. The van der Waals surface area contributed by atoms with Crippen molar-refractivity contribution in [1.82, 2.24) is 30.2 Å². The van der Waals surface area contributed by atoms with Gasteiger partial charge in [-0.15, -0.1) is 5.10 Å². The first-order valence-electron chi connectivity index (χ1n) is 8.63. The average Bonchev–Trinajstić information content (AvgIpc) is 3.46. The van der Waals surface area contributed by atoms with Crippen molar-refractivity contribution >= 4 is 11.6 Å². The molecule has 28 heavy (non-hydrogen) atoms. The SMILES string of the molecule is C/C(=N/NC(=O)c1ccccc1-n1cccc1)c1cccc(-n2cnnn2)c1. The third-order valence-electron chi connectivity index (χ3n) is 4.23. The van der Waals surface area contributed by atoms with Crippen LogP contribution in [0.3, 0.4) is 0 Å². The van der Waals surface area contributed by atoms with Crippen molar-refractivity contribution in [3.8, 4) is 11.4 Å². The van der Waals surface area contributed by atoms with E-state index >= 15 is 0 Å². The van der Waals surface area contributed by atoms with E-state index in [4.69, 9.17) is 0 Å². The Labute approximate surface area is 161 Å². The minimum absolute atomic E-state index is 0.278. The lowest BCUT2D eigenvalue weighted by atomic mass is 10.1. The van der Waals surface area contributed by atoms with Crippen LogP contribution in [-0.2, 0) is 0 Å². The molecule has 0 aliphatic rings. The Bertz CT molecular complexity index is 1120. The number of carbonyl (C=O) groups is 1. The van der Waals surface area contributed by atoms with Crippen molar-refractivity contribution in [2.24, 2.45) is 5.10 Å². The number of rotatable bonds is 5. The number of hydrogen-bond donors (Lipinski definition) is 1. The standard InChI is InChI=1S/C20H17N7O/c1-15(16-7-6-8-17(13-16)27-14-21-24-25-27)22-23-20(28)18-9-2-3-10-19(18)26-11-4-5-12-26/h2-14H,1H3,(H,23,28)/b22-15-. The zero-order chi connectivity index (χ0) is 19.3. The summed E-state index contributed by atoms with van der Waals surface area (Å²) in [6, 6.07) is 18.8. The van der Waals surface area contributed by atoms with Crippen LogP contribution < -0.4 is 5.43 Å². The molecule has 8 nitrogen and oxygen atoms in total. The molecule has 2 aromatic heterocycles. The fourth-order valence-corrected chi connectivity index (χ4v) is 2.80. The zero-order valence-corrected chi connectivity index (χ0v) is 15.1. The molecule has 0 aliphatic heterocycles. The number of amides is 1. The van der Waals surface area contributed by atoms with E-state index in [1.807, 2.05) is 78.5 Å². The number of nitrogens with zero attached hydrogens (tertiary/aromatic N) is 6. The van der Waals surface area contributed by atoms with Crippen LogP contribution in [0.4, 0.5) is 0 Å². The molecule has 0 atom stereocenters. The molecule has 0 saturated carbocycles. The van der Waals surface area contributed by atoms with Gasteiger partial charge in [0.25, 0.3) is 5.91 Å². The second kappa shape index (κ2) is 7.67. The average molecular weight is 371 g/mol. The van der Waals surface area contributed by atoms with E-state index in [1.54, 1.807) is 10.7 Å². The van der Waals surface area contributed by atoms with Gasteiger partial charge in [-0.3, -0.25) is 4.79 Å². The maximum Gasteiger partial charge on any atom is 0.273 e. The predicted octanol–water partition coefficient (Wildman–Crippen LogP) is 2.61. The largest absolute Gasteiger partial charge is 0.323 e. The predicted molar refractivity (Wildman–Crippen MR) is 105 cm³/mol. The van der Waals surface area contributed by atoms with Crippen molar-refractivity contribution in [1.29, 1.82) is 0 Å². The Morgan fingerprint density at radius 2 is 1.86 bits per heavy atom. The molecule has 138 valence electrons. The van der Waals surface area contributed by atoms with Crippen LogP contribution in [0.1, 0.15) is 22.8 Å². The number of tetrazole rings is 1. The van der Waals surface area contributed by atoms with Crippen LogP contribution in [0.2, 0.25) is 0 Å². The number of hydrazone groups is 1. The van der Waals surface area contributed by atoms with E-state index in [0.29, 0.717) is 11.3 Å². The summed E-state index contributed by atoms with van der Waals surface area (Å²) in [5.74, 6) is -0.278. The van der Waals surface area contributed by atoms with Crippen LogP contribution in [0.25, 0.3) is 11.4 Å². The van der Waals surface area contributed by atoms with Gasteiger partial charge in [0.15, 0.2) is 0 Å². The Kier molecular flexibility index (Phi) is 4.75. The van der Waals surface area contributed by atoms with Crippen molar-refractivity contribution in [3.05, 3.63) is 90.5 Å². The summed E-state index contributed by atoms with van der Waals surface area (Å²) in [4.78, 5) is 12.7. The van der Waals surface area contributed by atoms with Gasteiger partial charge in [-0.05, 0) is 59.3 Å². The first kappa shape index (κ1) is 17.3. The topological polar surface area (TPSA) is 90.0 Å². The van der Waals surface area contributed by atoms with Crippen LogP contribution in [0.15, 0.2) is 84.5 Å². The molecule has 2 aromatic carbocycles. The lowest BCUT2D eigenvalue weighted by Crippen LogP contribution is -2.21. The minimum Gasteiger partial charge on any atom is -0.323 e. The zero-order valence-electron chi connectivity index (χ0n) is 15.1. The molecule has 4 rings (SSSR count). The van der Waals surface area contributed by atoms with Gasteiger partial charge in [-0.25, -0.2) is 10.1 Å². The molecule has 0 radical (unpaired) electrons. The maximum absolute atomic E-state index is 12.7. The molecular formula is C20H17N7O. The van der Waals surface area contributed by atoms with E-state index in [-0.39, 0.29) is 5.91 Å². The summed E-state index contributed by atoms with van der Waals surface area (Å²) >= 11 is 0. The molecule has 0 saturated heterocycles. The fourth-order valence-electron chi connectivity index (χ4n) is 2.80. The molecule has 1 N–H and O–H groups in total. The van der Waals surface area contributed by atoms with Gasteiger partial charge in [0.05, 0.1) is 22.6 Å². The second-order valence-corrected chi connectivity index (χ2v) is 6.05. The summed E-state index contributed by atoms with van der Waals surface area (Å²) in [6.07, 6.45) is 5.31. The minimum atomic E-state index is -0.278. The molecule has 1 amide bonds. The molecule has 0 aliphatic carbocycles. The Hall–Kier alpha value is -4.07. The molecule has 8 heteroatoms. The Balaban J connectivity index is 1.55. The van der Waals surface area contributed by atoms with Gasteiger partial charge in [-0.2, -0.15) is 5.10 Å². The summed E-state index contributed by atoms with van der Waals surface area (Å²) in [5.41, 5.74) is 6.30. The van der Waals surface area contributed by atoms with Crippen molar-refractivity contribution in [2.45, 2.75) is 6.92 Å². The quantitative estimate of drug-likeness (QED) is 0.431. The van der Waals surface area contributed by atoms with Gasteiger partial charge < -0.3 is 4.57 Å². The highest BCUT2D eigenvalue weighted by molar-refractivity contribution is 6.02. The van der Waals surface area contributed by atoms with Crippen LogP contribution in [-0.4, -0.2) is 36.4 Å². The van der Waals surface area contributed by atoms with Crippen LogP contribution in [0, 0.1) is 0 Å². The summed E-state index contributed by atoms with van der Waals surface area (Å²) < 4.78 is 3.45. The molecule has 0 unspecified atom stereocenters. The van der Waals surface area contributed by atoms with Crippen LogP contribution >= 0.6 is 0 Å². The lowest BCUT2D eigenvalue weighted by Gasteiger charge is -2.10. The summed E-state index contributed by atoms with van der Waals surface area (Å²) in [5, 5.41) is 15.4. The molecular weight excluding hydrogens is 354 g/mol.